The minimum absolute atomic E-state index is 0.110. The summed E-state index contributed by atoms with van der Waals surface area (Å²) in [6.07, 6.45) is 4.57. The first-order valence-electron chi connectivity index (χ1n) is 6.74. The molecule has 7 heteroatoms. The Kier molecular flexibility index (Phi) is 5.76. The molecule has 1 rings (SSSR count). The number of rotatable bonds is 6. The third-order valence-electron chi connectivity index (χ3n) is 3.77. The molecule has 0 aromatic carbocycles. The number of nitrogens with zero attached hydrogens (tertiary/aromatic N) is 1. The van der Waals surface area contributed by atoms with Crippen molar-refractivity contribution in [3.8, 4) is 0 Å². The first kappa shape index (κ1) is 16.4. The third-order valence-corrected chi connectivity index (χ3v) is 5.50. The van der Waals surface area contributed by atoms with Gasteiger partial charge in [0.15, 0.2) is 0 Å². The Labute approximate surface area is 115 Å². The molecule has 0 heterocycles. The maximum absolute atomic E-state index is 12.1. The molecule has 1 aliphatic rings. The standard InChI is InChI=1S/C12H24N2O4S/c1-9(2)14(3)19(17,18)13-11(12(15)16)10-7-5-4-6-8-10/h9-11,13H,4-8H2,1-3H3,(H,15,16). The Morgan fingerprint density at radius 3 is 2.21 bits per heavy atom. The maximum Gasteiger partial charge on any atom is 0.322 e. The van der Waals surface area contributed by atoms with Crippen LogP contribution in [0.4, 0.5) is 0 Å². The second kappa shape index (κ2) is 6.67. The Bertz CT molecular complexity index is 402. The van der Waals surface area contributed by atoms with E-state index in [0.29, 0.717) is 0 Å². The topological polar surface area (TPSA) is 86.7 Å². The summed E-state index contributed by atoms with van der Waals surface area (Å²) in [6.45, 7) is 3.49. The van der Waals surface area contributed by atoms with Crippen LogP contribution < -0.4 is 4.72 Å². The fourth-order valence-electron chi connectivity index (χ4n) is 2.34. The zero-order valence-corrected chi connectivity index (χ0v) is 12.6. The van der Waals surface area contributed by atoms with Crippen LogP contribution in [-0.4, -0.2) is 42.9 Å². The van der Waals surface area contributed by atoms with Gasteiger partial charge in [0.1, 0.15) is 6.04 Å². The maximum atomic E-state index is 12.1. The molecule has 0 amide bonds. The highest BCUT2D eigenvalue weighted by Crippen LogP contribution is 2.27. The highest BCUT2D eigenvalue weighted by Gasteiger charge is 2.34. The molecule has 0 aromatic rings. The first-order chi connectivity index (χ1) is 8.75. The summed E-state index contributed by atoms with van der Waals surface area (Å²) in [4.78, 5) is 11.3. The average molecular weight is 292 g/mol. The molecule has 1 saturated carbocycles. The van der Waals surface area contributed by atoms with E-state index in [1.807, 2.05) is 0 Å². The fraction of sp³-hybridized carbons (Fsp3) is 0.917. The lowest BCUT2D eigenvalue weighted by molar-refractivity contribution is -0.140. The monoisotopic (exact) mass is 292 g/mol. The van der Waals surface area contributed by atoms with Crippen LogP contribution in [0.5, 0.6) is 0 Å². The van der Waals surface area contributed by atoms with Crippen LogP contribution in [0.1, 0.15) is 46.0 Å². The molecule has 0 saturated heterocycles. The van der Waals surface area contributed by atoms with Gasteiger partial charge in [0.2, 0.25) is 0 Å². The van der Waals surface area contributed by atoms with Crippen molar-refractivity contribution in [3.05, 3.63) is 0 Å². The van der Waals surface area contributed by atoms with E-state index in [2.05, 4.69) is 4.72 Å². The molecule has 2 N–H and O–H groups in total. The molecular weight excluding hydrogens is 268 g/mol. The van der Waals surface area contributed by atoms with Crippen LogP contribution in [0, 0.1) is 5.92 Å². The van der Waals surface area contributed by atoms with Crippen LogP contribution in [0.2, 0.25) is 0 Å². The zero-order chi connectivity index (χ0) is 14.6. The summed E-state index contributed by atoms with van der Waals surface area (Å²) in [5, 5.41) is 9.26. The van der Waals surface area contributed by atoms with Crippen molar-refractivity contribution in [2.75, 3.05) is 7.05 Å². The summed E-state index contributed by atoms with van der Waals surface area (Å²) >= 11 is 0. The minimum atomic E-state index is -3.75. The van der Waals surface area contributed by atoms with Crippen molar-refractivity contribution in [2.24, 2.45) is 5.92 Å². The number of hydrogen-bond acceptors (Lipinski definition) is 3. The van der Waals surface area contributed by atoms with Crippen molar-refractivity contribution in [2.45, 2.75) is 58.0 Å². The summed E-state index contributed by atoms with van der Waals surface area (Å²) in [7, 11) is -2.30. The van der Waals surface area contributed by atoms with E-state index >= 15 is 0 Å². The Balaban J connectivity index is 2.81. The van der Waals surface area contributed by atoms with Gasteiger partial charge in [-0.05, 0) is 32.6 Å². The number of hydrogen-bond donors (Lipinski definition) is 2. The van der Waals surface area contributed by atoms with Crippen LogP contribution in [0.3, 0.4) is 0 Å². The van der Waals surface area contributed by atoms with Gasteiger partial charge in [0.25, 0.3) is 10.2 Å². The molecule has 0 aliphatic heterocycles. The van der Waals surface area contributed by atoms with Crippen LogP contribution >= 0.6 is 0 Å². The second-order valence-corrected chi connectivity index (χ2v) is 7.21. The van der Waals surface area contributed by atoms with E-state index in [-0.39, 0.29) is 12.0 Å². The molecule has 0 radical (unpaired) electrons. The number of carboxylic acids is 1. The van der Waals surface area contributed by atoms with Gasteiger partial charge in [-0.2, -0.15) is 17.4 Å². The summed E-state index contributed by atoms with van der Waals surface area (Å²) in [5.41, 5.74) is 0. The predicted octanol–water partition coefficient (Wildman–Crippen LogP) is 1.19. The van der Waals surface area contributed by atoms with Crippen molar-refractivity contribution in [1.82, 2.24) is 9.03 Å². The summed E-state index contributed by atoms with van der Waals surface area (Å²) in [5.74, 6) is -1.20. The van der Waals surface area contributed by atoms with Crippen LogP contribution in [0.15, 0.2) is 0 Å². The Hall–Kier alpha value is -0.660. The largest absolute Gasteiger partial charge is 0.480 e. The van der Waals surface area contributed by atoms with Gasteiger partial charge in [0, 0.05) is 13.1 Å². The molecule has 112 valence electrons. The van der Waals surface area contributed by atoms with Crippen LogP contribution in [-0.2, 0) is 15.0 Å². The van der Waals surface area contributed by atoms with E-state index < -0.39 is 22.2 Å². The average Bonchev–Trinajstić information content (AvgIpc) is 2.35. The van der Waals surface area contributed by atoms with Gasteiger partial charge in [-0.1, -0.05) is 19.3 Å². The number of carboxylic acid groups (broad SMARTS) is 1. The first-order valence-corrected chi connectivity index (χ1v) is 8.18. The molecule has 19 heavy (non-hydrogen) atoms. The molecular formula is C12H24N2O4S. The summed E-state index contributed by atoms with van der Waals surface area (Å²) in [6, 6.07) is -1.23. The predicted molar refractivity (Wildman–Crippen MR) is 73.0 cm³/mol. The smallest absolute Gasteiger partial charge is 0.322 e. The van der Waals surface area contributed by atoms with Crippen molar-refractivity contribution in [1.29, 1.82) is 0 Å². The van der Waals surface area contributed by atoms with Gasteiger partial charge in [-0.25, -0.2) is 0 Å². The lowest BCUT2D eigenvalue weighted by atomic mass is 9.84. The molecule has 1 fully saturated rings. The van der Waals surface area contributed by atoms with E-state index in [4.69, 9.17) is 0 Å². The lowest BCUT2D eigenvalue weighted by Crippen LogP contribution is -2.52. The summed E-state index contributed by atoms with van der Waals surface area (Å²) < 4.78 is 27.7. The molecule has 0 spiro atoms. The van der Waals surface area contributed by atoms with Gasteiger partial charge in [-0.15, -0.1) is 0 Å². The van der Waals surface area contributed by atoms with Gasteiger partial charge < -0.3 is 5.11 Å². The zero-order valence-electron chi connectivity index (χ0n) is 11.8. The quantitative estimate of drug-likeness (QED) is 0.770. The Morgan fingerprint density at radius 2 is 1.79 bits per heavy atom. The molecule has 0 aromatic heterocycles. The van der Waals surface area contributed by atoms with Crippen LogP contribution in [0.25, 0.3) is 0 Å². The van der Waals surface area contributed by atoms with Crippen molar-refractivity contribution >= 4 is 16.2 Å². The lowest BCUT2D eigenvalue weighted by Gasteiger charge is -2.30. The number of carbonyl (C=O) groups is 1. The molecule has 1 unspecified atom stereocenters. The molecule has 1 aliphatic carbocycles. The highest BCUT2D eigenvalue weighted by molar-refractivity contribution is 7.87. The van der Waals surface area contributed by atoms with Gasteiger partial charge in [0.05, 0.1) is 0 Å². The number of nitrogens with one attached hydrogen (secondary N) is 1. The highest BCUT2D eigenvalue weighted by atomic mass is 32.2. The second-order valence-electron chi connectivity index (χ2n) is 5.45. The third kappa shape index (κ3) is 4.43. The molecule has 6 nitrogen and oxygen atoms in total. The fourth-order valence-corrected chi connectivity index (χ4v) is 3.67. The van der Waals surface area contributed by atoms with Crippen molar-refractivity contribution < 1.29 is 18.3 Å². The van der Waals surface area contributed by atoms with Crippen molar-refractivity contribution in [3.63, 3.8) is 0 Å². The van der Waals surface area contributed by atoms with E-state index in [1.165, 1.54) is 7.05 Å². The minimum Gasteiger partial charge on any atom is -0.480 e. The van der Waals surface area contributed by atoms with E-state index in [1.54, 1.807) is 13.8 Å². The van der Waals surface area contributed by atoms with E-state index in [0.717, 1.165) is 36.4 Å². The number of aliphatic carboxylic acids is 1. The molecule has 0 bridgehead atoms. The van der Waals surface area contributed by atoms with Gasteiger partial charge >= 0.3 is 5.97 Å². The SMILES string of the molecule is CC(C)N(C)S(=O)(=O)NC(C(=O)O)C1CCCCC1. The normalized spacial score (nSPS) is 19.8. The van der Waals surface area contributed by atoms with Gasteiger partial charge in [-0.3, -0.25) is 4.79 Å². The molecule has 1 atom stereocenters. The van der Waals surface area contributed by atoms with E-state index in [9.17, 15) is 18.3 Å². The Morgan fingerprint density at radius 1 is 1.26 bits per heavy atom.